The van der Waals surface area contributed by atoms with Crippen LogP contribution in [-0.2, 0) is 0 Å². The zero-order valence-electron chi connectivity index (χ0n) is 28.4. The Morgan fingerprint density at radius 3 is 2.06 bits per heavy atom. The fourth-order valence-electron chi connectivity index (χ4n) is 7.93. The topological polar surface area (TPSA) is 16.4 Å². The van der Waals surface area contributed by atoms with Gasteiger partial charge in [-0.15, -0.1) is 11.3 Å². The van der Waals surface area contributed by atoms with E-state index in [-0.39, 0.29) is 0 Å². The lowest BCUT2D eigenvalue weighted by molar-refractivity contribution is 0.673. The third kappa shape index (κ3) is 4.70. The molecule has 0 saturated carbocycles. The number of furan rings is 1. The summed E-state index contributed by atoms with van der Waals surface area (Å²) in [7, 11) is 0. The number of aryl methyl sites for hydroxylation is 2. The Labute approximate surface area is 300 Å². The number of fused-ring (bicyclic) bond motifs is 9. The molecule has 0 saturated heterocycles. The summed E-state index contributed by atoms with van der Waals surface area (Å²) in [6, 6.07) is 59.2. The number of benzene rings is 8. The summed E-state index contributed by atoms with van der Waals surface area (Å²) in [6.45, 7) is 4.44. The summed E-state index contributed by atoms with van der Waals surface area (Å²) in [6.07, 6.45) is 0. The van der Waals surface area contributed by atoms with Crippen molar-refractivity contribution < 1.29 is 4.42 Å². The van der Waals surface area contributed by atoms with E-state index in [2.05, 4.69) is 183 Å². The van der Waals surface area contributed by atoms with Crippen LogP contribution >= 0.6 is 11.3 Å². The molecule has 0 aliphatic carbocycles. The van der Waals surface area contributed by atoms with E-state index in [0.717, 1.165) is 39.0 Å². The van der Waals surface area contributed by atoms with E-state index in [1.54, 1.807) is 0 Å². The minimum Gasteiger partial charge on any atom is -0.455 e. The quantitative estimate of drug-likeness (QED) is 0.181. The van der Waals surface area contributed by atoms with E-state index in [4.69, 9.17) is 4.42 Å². The van der Waals surface area contributed by atoms with Crippen molar-refractivity contribution in [2.75, 3.05) is 4.90 Å². The van der Waals surface area contributed by atoms with Gasteiger partial charge < -0.3 is 9.32 Å². The van der Waals surface area contributed by atoms with Gasteiger partial charge in [-0.25, -0.2) is 0 Å². The maximum atomic E-state index is 6.64. The van der Waals surface area contributed by atoms with Crippen molar-refractivity contribution in [3.05, 3.63) is 175 Å². The van der Waals surface area contributed by atoms with Crippen LogP contribution < -0.4 is 4.90 Å². The van der Waals surface area contributed by atoms with Gasteiger partial charge in [-0.05, 0) is 89.5 Å². The summed E-state index contributed by atoms with van der Waals surface area (Å²) in [4.78, 5) is 2.47. The molecule has 0 spiro atoms. The molecule has 0 aliphatic rings. The second-order valence-corrected chi connectivity index (χ2v) is 14.4. The van der Waals surface area contributed by atoms with Crippen LogP contribution in [0, 0.1) is 13.8 Å². The highest BCUT2D eigenvalue weighted by molar-refractivity contribution is 7.26. The highest BCUT2D eigenvalue weighted by atomic mass is 32.1. The van der Waals surface area contributed by atoms with Crippen LogP contribution in [-0.4, -0.2) is 0 Å². The molecule has 3 heteroatoms. The van der Waals surface area contributed by atoms with Crippen molar-refractivity contribution in [3.63, 3.8) is 0 Å². The van der Waals surface area contributed by atoms with Gasteiger partial charge in [0.05, 0.1) is 16.1 Å². The normalized spacial score (nSPS) is 11.7. The third-order valence-corrected chi connectivity index (χ3v) is 11.5. The van der Waals surface area contributed by atoms with Crippen LogP contribution in [0.2, 0.25) is 0 Å². The Balaban J connectivity index is 1.26. The first-order valence-electron chi connectivity index (χ1n) is 17.4. The molecule has 0 aliphatic heterocycles. The van der Waals surface area contributed by atoms with Crippen molar-refractivity contribution in [2.45, 2.75) is 13.8 Å². The molecule has 10 aromatic rings. The molecule has 0 atom stereocenters. The van der Waals surface area contributed by atoms with Gasteiger partial charge in [0.2, 0.25) is 0 Å². The number of nitrogens with zero attached hydrogens (tertiary/aromatic N) is 1. The summed E-state index contributed by atoms with van der Waals surface area (Å²) in [5, 5.41) is 7.18. The minimum absolute atomic E-state index is 0.924. The van der Waals surface area contributed by atoms with Gasteiger partial charge in [0.1, 0.15) is 11.2 Å². The molecular weight excluding hydrogens is 639 g/mol. The van der Waals surface area contributed by atoms with Crippen LogP contribution in [0.1, 0.15) is 11.1 Å². The number of thiophene rings is 1. The highest BCUT2D eigenvalue weighted by Gasteiger charge is 2.24. The molecule has 2 nitrogen and oxygen atoms in total. The molecule has 2 heterocycles. The van der Waals surface area contributed by atoms with Gasteiger partial charge in [0, 0.05) is 42.9 Å². The van der Waals surface area contributed by atoms with E-state index in [1.807, 2.05) is 11.3 Å². The molecule has 0 unspecified atom stereocenters. The Morgan fingerprint density at radius 1 is 0.490 bits per heavy atom. The number of hydrogen-bond acceptors (Lipinski definition) is 3. The van der Waals surface area contributed by atoms with E-state index in [9.17, 15) is 0 Å². The first-order chi connectivity index (χ1) is 25.1. The molecule has 0 radical (unpaired) electrons. The van der Waals surface area contributed by atoms with Crippen molar-refractivity contribution in [3.8, 4) is 22.3 Å². The van der Waals surface area contributed by atoms with Gasteiger partial charge in [0.15, 0.2) is 0 Å². The van der Waals surface area contributed by atoms with Crippen LogP contribution in [0.3, 0.4) is 0 Å². The molecule has 2 aromatic heterocycles. The Kier molecular flexibility index (Phi) is 6.83. The Morgan fingerprint density at radius 2 is 1.20 bits per heavy atom. The SMILES string of the molecule is Cc1ccccc1-c1c(C)cccc1N(c1ccc(-c2ccccc2)cc1)c1cccc2c1sc1ccc3oc4c5ccccc5ccc4c3c12. The summed E-state index contributed by atoms with van der Waals surface area (Å²) in [5.74, 6) is 0. The lowest BCUT2D eigenvalue weighted by atomic mass is 9.93. The van der Waals surface area contributed by atoms with E-state index in [1.165, 1.54) is 64.3 Å². The van der Waals surface area contributed by atoms with Crippen molar-refractivity contribution >= 4 is 81.3 Å². The fourth-order valence-corrected chi connectivity index (χ4v) is 9.14. The third-order valence-electron chi connectivity index (χ3n) is 10.3. The van der Waals surface area contributed by atoms with Crippen molar-refractivity contribution in [2.24, 2.45) is 0 Å². The first kappa shape index (κ1) is 29.7. The molecule has 242 valence electrons. The van der Waals surface area contributed by atoms with Crippen molar-refractivity contribution in [1.29, 1.82) is 0 Å². The second kappa shape index (κ2) is 11.7. The molecule has 10 rings (SSSR count). The van der Waals surface area contributed by atoms with Gasteiger partial charge in [-0.2, -0.15) is 0 Å². The molecule has 0 N–H and O–H groups in total. The molecule has 8 aromatic carbocycles. The highest BCUT2D eigenvalue weighted by Crippen LogP contribution is 2.50. The summed E-state index contributed by atoms with van der Waals surface area (Å²) in [5.41, 5.74) is 12.7. The van der Waals surface area contributed by atoms with Crippen LogP contribution in [0.4, 0.5) is 17.1 Å². The fraction of sp³-hybridized carbons (Fsp3) is 0.0417. The molecule has 0 amide bonds. The molecular formula is C48H33NOS. The maximum Gasteiger partial charge on any atom is 0.143 e. The Bertz CT molecular complexity index is 2930. The van der Waals surface area contributed by atoms with Gasteiger partial charge in [-0.1, -0.05) is 121 Å². The van der Waals surface area contributed by atoms with Crippen molar-refractivity contribution in [1.82, 2.24) is 0 Å². The lowest BCUT2D eigenvalue weighted by Crippen LogP contribution is -2.12. The maximum absolute atomic E-state index is 6.64. The monoisotopic (exact) mass is 671 g/mol. The Hall–Kier alpha value is -6.16. The smallest absolute Gasteiger partial charge is 0.143 e. The predicted molar refractivity (Wildman–Crippen MR) is 219 cm³/mol. The molecule has 0 fully saturated rings. The van der Waals surface area contributed by atoms with Crippen LogP contribution in [0.5, 0.6) is 0 Å². The van der Waals surface area contributed by atoms with Crippen LogP contribution in [0.25, 0.3) is 75.1 Å². The predicted octanol–water partition coefficient (Wildman–Crippen LogP) is 14.5. The largest absolute Gasteiger partial charge is 0.455 e. The number of rotatable bonds is 5. The van der Waals surface area contributed by atoms with E-state index in [0.29, 0.717) is 0 Å². The standard InChI is InChI=1S/C48H33NOS/c1-30-12-6-8-17-36(30)44-31(2)13-10-20-40(44)49(35-25-22-33(23-26-35)32-14-4-3-5-15-32)41-21-11-19-39-46-43(51-48(39)41)29-28-42-45(46)38-27-24-34-16-7-9-18-37(34)47(38)50-42/h3-29H,1-2H3. The second-order valence-electron chi connectivity index (χ2n) is 13.4. The average Bonchev–Trinajstić information content (AvgIpc) is 3.75. The lowest BCUT2D eigenvalue weighted by Gasteiger charge is -2.29. The first-order valence-corrected chi connectivity index (χ1v) is 18.2. The van der Waals surface area contributed by atoms with Gasteiger partial charge in [-0.3, -0.25) is 0 Å². The minimum atomic E-state index is 0.924. The van der Waals surface area contributed by atoms with E-state index < -0.39 is 0 Å². The van der Waals surface area contributed by atoms with E-state index >= 15 is 0 Å². The van der Waals surface area contributed by atoms with Gasteiger partial charge >= 0.3 is 0 Å². The molecule has 51 heavy (non-hydrogen) atoms. The zero-order valence-corrected chi connectivity index (χ0v) is 29.2. The zero-order chi connectivity index (χ0) is 34.1. The van der Waals surface area contributed by atoms with Crippen LogP contribution in [0.15, 0.2) is 168 Å². The van der Waals surface area contributed by atoms with Gasteiger partial charge in [0.25, 0.3) is 0 Å². The average molecular weight is 672 g/mol. The molecule has 0 bridgehead atoms. The summed E-state index contributed by atoms with van der Waals surface area (Å²) >= 11 is 1.86. The summed E-state index contributed by atoms with van der Waals surface area (Å²) < 4.78 is 9.14. The number of anilines is 3. The number of hydrogen-bond donors (Lipinski definition) is 0.